The highest BCUT2D eigenvalue weighted by Gasteiger charge is 2.24. The number of nitrogens with one attached hydrogen (secondary N) is 1. The molecule has 3 nitrogen and oxygen atoms in total. The molecule has 0 spiro atoms. The fourth-order valence-corrected chi connectivity index (χ4v) is 3.11. The second-order valence-corrected chi connectivity index (χ2v) is 7.14. The van der Waals surface area contributed by atoms with E-state index < -0.39 is 0 Å². The number of aryl methyl sites for hydroxylation is 1. The van der Waals surface area contributed by atoms with Crippen molar-refractivity contribution >= 4 is 21.8 Å². The smallest absolute Gasteiger partial charge is 0.253 e. The summed E-state index contributed by atoms with van der Waals surface area (Å²) >= 11 is 3.51. The van der Waals surface area contributed by atoms with Crippen molar-refractivity contribution in [3.8, 4) is 0 Å². The number of benzene rings is 1. The summed E-state index contributed by atoms with van der Waals surface area (Å²) in [4.78, 5) is 14.6. The van der Waals surface area contributed by atoms with Crippen LogP contribution in [0.15, 0.2) is 22.7 Å². The fraction of sp³-hybridized carbons (Fsp3) is 0.588. The van der Waals surface area contributed by atoms with E-state index in [1.165, 1.54) is 6.42 Å². The lowest BCUT2D eigenvalue weighted by atomic mass is 9.97. The molecule has 1 unspecified atom stereocenters. The maximum atomic E-state index is 12.6. The number of halogens is 1. The molecule has 1 amide bonds. The number of amides is 1. The first-order valence-corrected chi connectivity index (χ1v) is 8.55. The van der Waals surface area contributed by atoms with E-state index in [0.29, 0.717) is 12.0 Å². The third-order valence-corrected chi connectivity index (χ3v) is 4.89. The Morgan fingerprint density at radius 1 is 1.48 bits per heavy atom. The number of hydrogen-bond acceptors (Lipinski definition) is 2. The van der Waals surface area contributed by atoms with Crippen LogP contribution in [0, 0.1) is 12.8 Å². The number of carbonyl (C=O) groups is 1. The van der Waals surface area contributed by atoms with Gasteiger partial charge in [-0.15, -0.1) is 0 Å². The summed E-state index contributed by atoms with van der Waals surface area (Å²) in [5.41, 5.74) is 1.94. The maximum absolute atomic E-state index is 12.6. The molecule has 4 heteroatoms. The largest absolute Gasteiger partial charge is 0.338 e. The molecule has 1 N–H and O–H groups in total. The third-order valence-electron chi connectivity index (χ3n) is 4.04. The van der Waals surface area contributed by atoms with Crippen LogP contribution in [0.3, 0.4) is 0 Å². The van der Waals surface area contributed by atoms with Crippen LogP contribution in [-0.2, 0) is 0 Å². The molecule has 1 aliphatic heterocycles. The monoisotopic (exact) mass is 352 g/mol. The van der Waals surface area contributed by atoms with E-state index in [0.717, 1.165) is 41.7 Å². The van der Waals surface area contributed by atoms with Gasteiger partial charge in [0.05, 0.1) is 0 Å². The van der Waals surface area contributed by atoms with Gasteiger partial charge in [0.2, 0.25) is 0 Å². The minimum absolute atomic E-state index is 0.157. The van der Waals surface area contributed by atoms with Gasteiger partial charge in [-0.25, -0.2) is 0 Å². The molecular weight excluding hydrogens is 328 g/mol. The Morgan fingerprint density at radius 3 is 2.90 bits per heavy atom. The average Bonchev–Trinajstić information content (AvgIpc) is 2.47. The summed E-state index contributed by atoms with van der Waals surface area (Å²) < 4.78 is 1.00. The number of nitrogens with zero attached hydrogens (tertiary/aromatic N) is 1. The van der Waals surface area contributed by atoms with E-state index in [1.54, 1.807) is 0 Å². The van der Waals surface area contributed by atoms with Crippen molar-refractivity contribution in [1.82, 2.24) is 10.2 Å². The fourth-order valence-electron chi connectivity index (χ4n) is 2.73. The molecule has 1 fully saturated rings. The topological polar surface area (TPSA) is 32.3 Å². The number of piperidine rings is 1. The molecule has 1 aromatic rings. The van der Waals surface area contributed by atoms with Crippen molar-refractivity contribution in [3.63, 3.8) is 0 Å². The van der Waals surface area contributed by atoms with E-state index in [-0.39, 0.29) is 5.91 Å². The van der Waals surface area contributed by atoms with Crippen LogP contribution in [0.1, 0.15) is 42.6 Å². The van der Waals surface area contributed by atoms with E-state index in [9.17, 15) is 4.79 Å². The zero-order chi connectivity index (χ0) is 15.4. The van der Waals surface area contributed by atoms with E-state index in [1.807, 2.05) is 30.0 Å². The van der Waals surface area contributed by atoms with Gasteiger partial charge in [-0.1, -0.05) is 35.8 Å². The minimum Gasteiger partial charge on any atom is -0.338 e. The Balaban J connectivity index is 1.99. The normalized spacial score (nSPS) is 19.1. The van der Waals surface area contributed by atoms with Crippen molar-refractivity contribution in [2.45, 2.75) is 39.7 Å². The summed E-state index contributed by atoms with van der Waals surface area (Å²) in [6, 6.07) is 6.37. The minimum atomic E-state index is 0.157. The van der Waals surface area contributed by atoms with E-state index in [4.69, 9.17) is 0 Å². The predicted octanol–water partition coefficient (Wildman–Crippen LogP) is 3.61. The Morgan fingerprint density at radius 2 is 2.24 bits per heavy atom. The molecule has 1 heterocycles. The molecule has 0 bridgehead atoms. The quantitative estimate of drug-likeness (QED) is 0.897. The second-order valence-electron chi connectivity index (χ2n) is 6.29. The van der Waals surface area contributed by atoms with Gasteiger partial charge in [0, 0.05) is 29.2 Å². The molecule has 0 radical (unpaired) electrons. The standard InChI is InChI=1S/C17H25BrN2O/c1-12(2)19-10-14-5-4-8-20(11-14)17(21)15-7-6-13(3)16(18)9-15/h6-7,9,12,14,19H,4-5,8,10-11H2,1-3H3. The SMILES string of the molecule is Cc1ccc(C(=O)N2CCCC(CNC(C)C)C2)cc1Br. The Hall–Kier alpha value is -0.870. The Kier molecular flexibility index (Phi) is 5.82. The molecule has 1 aromatic carbocycles. The van der Waals surface area contributed by atoms with Gasteiger partial charge in [0.1, 0.15) is 0 Å². The number of hydrogen-bond donors (Lipinski definition) is 1. The highest BCUT2D eigenvalue weighted by molar-refractivity contribution is 9.10. The Bertz CT molecular complexity index is 502. The van der Waals surface area contributed by atoms with Gasteiger partial charge in [0.15, 0.2) is 0 Å². The van der Waals surface area contributed by atoms with Crippen LogP contribution < -0.4 is 5.32 Å². The highest BCUT2D eigenvalue weighted by Crippen LogP contribution is 2.22. The average molecular weight is 353 g/mol. The third kappa shape index (κ3) is 4.55. The lowest BCUT2D eigenvalue weighted by molar-refractivity contribution is 0.0672. The molecule has 2 rings (SSSR count). The maximum Gasteiger partial charge on any atom is 0.253 e. The van der Waals surface area contributed by atoms with Crippen LogP contribution in [0.25, 0.3) is 0 Å². The van der Waals surface area contributed by atoms with Crippen LogP contribution in [-0.4, -0.2) is 36.5 Å². The first kappa shape index (κ1) is 16.5. The molecule has 0 aliphatic carbocycles. The van der Waals surface area contributed by atoms with Crippen LogP contribution in [0.2, 0.25) is 0 Å². The lowest BCUT2D eigenvalue weighted by Gasteiger charge is -2.33. The molecular formula is C17H25BrN2O. The summed E-state index contributed by atoms with van der Waals surface area (Å²) in [5, 5.41) is 3.49. The van der Waals surface area contributed by atoms with E-state index in [2.05, 4.69) is 35.1 Å². The molecule has 0 aromatic heterocycles. The number of likely N-dealkylation sites (tertiary alicyclic amines) is 1. The summed E-state index contributed by atoms with van der Waals surface area (Å²) in [5.74, 6) is 0.726. The summed E-state index contributed by atoms with van der Waals surface area (Å²) in [7, 11) is 0. The van der Waals surface area contributed by atoms with Crippen molar-refractivity contribution in [2.75, 3.05) is 19.6 Å². The predicted molar refractivity (Wildman–Crippen MR) is 90.6 cm³/mol. The zero-order valence-electron chi connectivity index (χ0n) is 13.2. The number of rotatable bonds is 4. The molecule has 116 valence electrons. The van der Waals surface area contributed by atoms with Gasteiger partial charge in [-0.3, -0.25) is 4.79 Å². The molecule has 1 atom stereocenters. The molecule has 1 aliphatic rings. The Labute approximate surface area is 136 Å². The summed E-state index contributed by atoms with van der Waals surface area (Å²) in [6.07, 6.45) is 2.31. The van der Waals surface area contributed by atoms with Crippen LogP contribution >= 0.6 is 15.9 Å². The van der Waals surface area contributed by atoms with Crippen molar-refractivity contribution < 1.29 is 4.79 Å². The second kappa shape index (κ2) is 7.41. The first-order valence-electron chi connectivity index (χ1n) is 7.76. The highest BCUT2D eigenvalue weighted by atomic mass is 79.9. The molecule has 0 saturated carbocycles. The van der Waals surface area contributed by atoms with Gasteiger partial charge in [-0.05, 0) is 49.9 Å². The van der Waals surface area contributed by atoms with Gasteiger partial charge in [-0.2, -0.15) is 0 Å². The van der Waals surface area contributed by atoms with Crippen molar-refractivity contribution in [2.24, 2.45) is 5.92 Å². The van der Waals surface area contributed by atoms with Crippen LogP contribution in [0.5, 0.6) is 0 Å². The van der Waals surface area contributed by atoms with E-state index >= 15 is 0 Å². The van der Waals surface area contributed by atoms with Crippen LogP contribution in [0.4, 0.5) is 0 Å². The summed E-state index contributed by atoms with van der Waals surface area (Å²) in [6.45, 7) is 9.10. The van der Waals surface area contributed by atoms with Crippen molar-refractivity contribution in [1.29, 1.82) is 0 Å². The number of carbonyl (C=O) groups excluding carboxylic acids is 1. The van der Waals surface area contributed by atoms with Crippen molar-refractivity contribution in [3.05, 3.63) is 33.8 Å². The lowest BCUT2D eigenvalue weighted by Crippen LogP contribution is -2.43. The molecule has 21 heavy (non-hydrogen) atoms. The zero-order valence-corrected chi connectivity index (χ0v) is 14.7. The van der Waals surface area contributed by atoms with Gasteiger partial charge >= 0.3 is 0 Å². The van der Waals surface area contributed by atoms with Gasteiger partial charge < -0.3 is 10.2 Å². The first-order chi connectivity index (χ1) is 9.97. The molecule has 1 saturated heterocycles. The van der Waals surface area contributed by atoms with Gasteiger partial charge in [0.25, 0.3) is 5.91 Å².